The summed E-state index contributed by atoms with van der Waals surface area (Å²) in [5, 5.41) is 5.58. The van der Waals surface area contributed by atoms with Gasteiger partial charge in [-0.15, -0.1) is 0 Å². The molecule has 28 heavy (non-hydrogen) atoms. The highest BCUT2D eigenvalue weighted by Gasteiger charge is 2.44. The van der Waals surface area contributed by atoms with Crippen molar-refractivity contribution in [2.45, 2.75) is 57.7 Å². The second kappa shape index (κ2) is 8.62. The van der Waals surface area contributed by atoms with Gasteiger partial charge in [-0.2, -0.15) is 0 Å². The zero-order chi connectivity index (χ0) is 20.3. The molecular formula is C20H26N4O4. The van der Waals surface area contributed by atoms with Crippen LogP contribution in [-0.4, -0.2) is 47.2 Å². The second-order valence-electron chi connectivity index (χ2n) is 7.28. The molecule has 0 spiro atoms. The number of piperidine rings is 1. The molecule has 1 saturated heterocycles. The van der Waals surface area contributed by atoms with Crippen molar-refractivity contribution in [2.75, 3.05) is 6.54 Å². The topological polar surface area (TPSA) is 122 Å². The van der Waals surface area contributed by atoms with Gasteiger partial charge in [-0.1, -0.05) is 25.8 Å². The fourth-order valence-electron chi connectivity index (χ4n) is 3.64. The van der Waals surface area contributed by atoms with Crippen LogP contribution in [0.5, 0.6) is 0 Å². The normalized spacial score (nSPS) is 20.4. The lowest BCUT2D eigenvalue weighted by Gasteiger charge is -2.27. The molecule has 2 aliphatic heterocycles. The first kappa shape index (κ1) is 20.2. The quantitative estimate of drug-likeness (QED) is 0.565. The number of fused-ring (bicyclic) bond motifs is 1. The Morgan fingerprint density at radius 1 is 1.21 bits per heavy atom. The molecule has 150 valence electrons. The number of carbonyl (C=O) groups is 4. The lowest BCUT2D eigenvalue weighted by Crippen LogP contribution is -2.54. The van der Waals surface area contributed by atoms with E-state index in [1.54, 1.807) is 18.2 Å². The number of unbranched alkanes of at least 4 members (excludes halogenated alkanes) is 1. The van der Waals surface area contributed by atoms with Crippen LogP contribution in [0.25, 0.3) is 0 Å². The predicted molar refractivity (Wildman–Crippen MR) is 102 cm³/mol. The molecular weight excluding hydrogens is 360 g/mol. The van der Waals surface area contributed by atoms with Crippen LogP contribution in [0, 0.1) is 0 Å². The van der Waals surface area contributed by atoms with Crippen molar-refractivity contribution >= 4 is 23.6 Å². The van der Waals surface area contributed by atoms with E-state index >= 15 is 0 Å². The number of benzene rings is 1. The molecule has 2 aliphatic rings. The number of hydrogen-bond acceptors (Lipinski definition) is 6. The van der Waals surface area contributed by atoms with E-state index < -0.39 is 23.8 Å². The van der Waals surface area contributed by atoms with E-state index in [0.29, 0.717) is 24.2 Å². The summed E-state index contributed by atoms with van der Waals surface area (Å²) in [5.41, 5.74) is 7.27. The number of nitrogens with two attached hydrogens (primary N) is 1. The smallest absolute Gasteiger partial charge is 0.262 e. The van der Waals surface area contributed by atoms with Crippen LogP contribution < -0.4 is 16.4 Å². The molecule has 1 aromatic carbocycles. The SMILES string of the molecule is CCCCC(CN)NCc1ccc2c(c1)C(=O)N(C1CCC(=O)NC1=O)C2=O. The van der Waals surface area contributed by atoms with Crippen molar-refractivity contribution in [2.24, 2.45) is 5.73 Å². The fourth-order valence-corrected chi connectivity index (χ4v) is 3.64. The Morgan fingerprint density at radius 3 is 2.64 bits per heavy atom. The van der Waals surface area contributed by atoms with Gasteiger partial charge in [0.05, 0.1) is 11.1 Å². The van der Waals surface area contributed by atoms with Crippen molar-refractivity contribution in [3.05, 3.63) is 34.9 Å². The largest absolute Gasteiger partial charge is 0.329 e. The highest BCUT2D eigenvalue weighted by atomic mass is 16.2. The van der Waals surface area contributed by atoms with Gasteiger partial charge in [0.15, 0.2) is 0 Å². The average molecular weight is 386 g/mol. The third-order valence-electron chi connectivity index (χ3n) is 5.29. The minimum Gasteiger partial charge on any atom is -0.329 e. The van der Waals surface area contributed by atoms with Gasteiger partial charge >= 0.3 is 0 Å². The van der Waals surface area contributed by atoms with E-state index in [1.807, 2.05) is 0 Å². The number of amides is 4. The van der Waals surface area contributed by atoms with Crippen LogP contribution in [0.1, 0.15) is 65.3 Å². The van der Waals surface area contributed by atoms with Crippen LogP contribution in [0.4, 0.5) is 0 Å². The monoisotopic (exact) mass is 386 g/mol. The highest BCUT2D eigenvalue weighted by molar-refractivity contribution is 6.23. The van der Waals surface area contributed by atoms with Crippen LogP contribution in [0.2, 0.25) is 0 Å². The van der Waals surface area contributed by atoms with Gasteiger partial charge in [0, 0.05) is 25.6 Å². The molecule has 3 rings (SSSR count). The van der Waals surface area contributed by atoms with E-state index in [2.05, 4.69) is 17.6 Å². The Bertz CT molecular complexity index is 807. The number of hydrogen-bond donors (Lipinski definition) is 3. The Kier molecular flexibility index (Phi) is 6.21. The lowest BCUT2D eigenvalue weighted by molar-refractivity contribution is -0.136. The van der Waals surface area contributed by atoms with Gasteiger partial charge in [0.1, 0.15) is 6.04 Å². The molecule has 4 amide bonds. The van der Waals surface area contributed by atoms with Gasteiger partial charge in [0.2, 0.25) is 11.8 Å². The Balaban J connectivity index is 1.73. The molecule has 1 aromatic rings. The van der Waals surface area contributed by atoms with E-state index in [9.17, 15) is 19.2 Å². The molecule has 8 nitrogen and oxygen atoms in total. The van der Waals surface area contributed by atoms with Crippen LogP contribution >= 0.6 is 0 Å². The number of rotatable bonds is 8. The van der Waals surface area contributed by atoms with E-state index in [0.717, 1.165) is 29.7 Å². The summed E-state index contributed by atoms with van der Waals surface area (Å²) in [6, 6.07) is 4.38. The van der Waals surface area contributed by atoms with Crippen molar-refractivity contribution in [3.63, 3.8) is 0 Å². The highest BCUT2D eigenvalue weighted by Crippen LogP contribution is 2.28. The van der Waals surface area contributed by atoms with Gasteiger partial charge in [-0.3, -0.25) is 29.4 Å². The minimum atomic E-state index is -0.942. The van der Waals surface area contributed by atoms with Gasteiger partial charge < -0.3 is 11.1 Å². The average Bonchev–Trinajstić information content (AvgIpc) is 2.92. The first-order valence-corrected chi connectivity index (χ1v) is 9.74. The maximum atomic E-state index is 12.8. The molecule has 0 saturated carbocycles. The summed E-state index contributed by atoms with van der Waals surface area (Å²) in [6.45, 7) is 3.20. The number of imide groups is 2. The van der Waals surface area contributed by atoms with Crippen LogP contribution in [0.15, 0.2) is 18.2 Å². The summed E-state index contributed by atoms with van der Waals surface area (Å²) in [7, 11) is 0. The van der Waals surface area contributed by atoms with Gasteiger partial charge in [-0.05, 0) is 30.5 Å². The first-order valence-electron chi connectivity index (χ1n) is 9.74. The number of nitrogens with zero attached hydrogens (tertiary/aromatic N) is 1. The van der Waals surface area contributed by atoms with Crippen molar-refractivity contribution in [3.8, 4) is 0 Å². The lowest BCUT2D eigenvalue weighted by atomic mass is 10.0. The maximum absolute atomic E-state index is 12.8. The van der Waals surface area contributed by atoms with Crippen molar-refractivity contribution in [1.82, 2.24) is 15.5 Å². The van der Waals surface area contributed by atoms with E-state index in [1.165, 1.54) is 0 Å². The maximum Gasteiger partial charge on any atom is 0.262 e. The fraction of sp³-hybridized carbons (Fsp3) is 0.500. The summed E-state index contributed by atoms with van der Waals surface area (Å²) in [5.74, 6) is -1.97. The molecule has 8 heteroatoms. The first-order chi connectivity index (χ1) is 13.5. The molecule has 2 atom stereocenters. The van der Waals surface area contributed by atoms with E-state index in [-0.39, 0.29) is 24.8 Å². The zero-order valence-corrected chi connectivity index (χ0v) is 16.0. The van der Waals surface area contributed by atoms with Gasteiger partial charge in [-0.25, -0.2) is 0 Å². The Labute approximate surface area is 163 Å². The Morgan fingerprint density at radius 2 is 1.96 bits per heavy atom. The zero-order valence-electron chi connectivity index (χ0n) is 16.0. The van der Waals surface area contributed by atoms with Gasteiger partial charge in [0.25, 0.3) is 11.8 Å². The molecule has 2 unspecified atom stereocenters. The third kappa shape index (κ3) is 3.98. The Hall–Kier alpha value is -2.58. The number of nitrogens with one attached hydrogen (secondary N) is 2. The van der Waals surface area contributed by atoms with Crippen LogP contribution in [-0.2, 0) is 16.1 Å². The molecule has 0 radical (unpaired) electrons. The standard InChI is InChI=1S/C20H26N4O4/c1-2-3-4-13(10-21)22-11-12-5-6-14-15(9-12)20(28)24(19(14)27)16-7-8-17(25)23-18(16)26/h5-6,9,13,16,22H,2-4,7-8,10-11,21H2,1H3,(H,23,25,26). The molecule has 2 heterocycles. The molecule has 4 N–H and O–H groups in total. The van der Waals surface area contributed by atoms with Crippen LogP contribution in [0.3, 0.4) is 0 Å². The molecule has 0 aliphatic carbocycles. The molecule has 0 bridgehead atoms. The second-order valence-corrected chi connectivity index (χ2v) is 7.28. The number of carbonyl (C=O) groups excluding carboxylic acids is 4. The predicted octanol–water partition coefficient (Wildman–Crippen LogP) is 0.695. The summed E-state index contributed by atoms with van der Waals surface area (Å²) < 4.78 is 0. The van der Waals surface area contributed by atoms with Crippen molar-refractivity contribution in [1.29, 1.82) is 0 Å². The van der Waals surface area contributed by atoms with E-state index in [4.69, 9.17) is 5.73 Å². The minimum absolute atomic E-state index is 0.108. The summed E-state index contributed by atoms with van der Waals surface area (Å²) in [6.07, 6.45) is 3.44. The van der Waals surface area contributed by atoms with Crippen molar-refractivity contribution < 1.29 is 19.2 Å². The summed E-state index contributed by atoms with van der Waals surface area (Å²) >= 11 is 0. The third-order valence-corrected chi connectivity index (χ3v) is 5.29. The molecule has 1 fully saturated rings. The summed E-state index contributed by atoms with van der Waals surface area (Å²) in [4.78, 5) is 49.9. The molecule has 0 aromatic heterocycles.